The van der Waals surface area contributed by atoms with E-state index in [4.69, 9.17) is 9.47 Å². The van der Waals surface area contributed by atoms with Gasteiger partial charge < -0.3 is 29.9 Å². The molecule has 0 aliphatic carbocycles. The summed E-state index contributed by atoms with van der Waals surface area (Å²) in [6.45, 7) is 0. The molecule has 0 spiro atoms. The van der Waals surface area contributed by atoms with E-state index >= 15 is 0 Å². The van der Waals surface area contributed by atoms with E-state index in [-0.39, 0.29) is 11.1 Å². The van der Waals surface area contributed by atoms with Crippen molar-refractivity contribution in [1.29, 1.82) is 0 Å². The lowest BCUT2D eigenvalue weighted by atomic mass is 10.1. The number of esters is 2. The molecule has 12 heteroatoms. The molecule has 0 saturated carbocycles. The van der Waals surface area contributed by atoms with Crippen LogP contribution in [0.1, 0.15) is 62.1 Å². The molecule has 0 amide bonds. The Kier molecular flexibility index (Phi) is 7.10. The van der Waals surface area contributed by atoms with Crippen molar-refractivity contribution in [2.75, 3.05) is 0 Å². The summed E-state index contributed by atoms with van der Waals surface area (Å²) in [5.74, 6) is -9.75. The molecule has 0 radical (unpaired) electrons. The van der Waals surface area contributed by atoms with E-state index in [0.717, 1.165) is 30.3 Å². The molecule has 3 rings (SSSR count). The second-order valence-corrected chi connectivity index (χ2v) is 6.94. The van der Waals surface area contributed by atoms with Gasteiger partial charge in [-0.25, -0.2) is 28.8 Å². The SMILES string of the molecule is O=C(Oc1cccc(C(=O)O)c1C(=O)O)c1cccc(C(=O)Oc2cccc(C(=O)O)c2C(=O)O)c1. The molecule has 0 saturated heterocycles. The molecule has 0 heterocycles. The van der Waals surface area contributed by atoms with Crippen molar-refractivity contribution in [2.24, 2.45) is 0 Å². The maximum atomic E-state index is 12.6. The molecule has 3 aromatic carbocycles. The first-order valence-electron chi connectivity index (χ1n) is 9.75. The van der Waals surface area contributed by atoms with Crippen LogP contribution in [0.15, 0.2) is 60.7 Å². The molecule has 0 bridgehead atoms. The van der Waals surface area contributed by atoms with Crippen LogP contribution in [0.25, 0.3) is 0 Å². The molecule has 182 valence electrons. The zero-order chi connectivity index (χ0) is 26.6. The zero-order valence-corrected chi connectivity index (χ0v) is 17.8. The summed E-state index contributed by atoms with van der Waals surface area (Å²) in [5.41, 5.74) is -3.23. The number of carboxylic acids is 4. The number of ether oxygens (including phenoxy) is 2. The third-order valence-electron chi connectivity index (χ3n) is 4.68. The molecule has 0 aromatic heterocycles. The minimum absolute atomic E-state index is 0.251. The van der Waals surface area contributed by atoms with Gasteiger partial charge in [-0.05, 0) is 42.5 Å². The lowest BCUT2D eigenvalue weighted by molar-refractivity contribution is 0.0637. The van der Waals surface area contributed by atoms with Crippen molar-refractivity contribution in [2.45, 2.75) is 0 Å². The van der Waals surface area contributed by atoms with E-state index in [2.05, 4.69) is 0 Å². The molecule has 0 aliphatic heterocycles. The molecule has 0 atom stereocenters. The maximum Gasteiger partial charge on any atom is 0.343 e. The Morgan fingerprint density at radius 2 is 0.861 bits per heavy atom. The monoisotopic (exact) mass is 494 g/mol. The molecule has 12 nitrogen and oxygen atoms in total. The van der Waals surface area contributed by atoms with Crippen LogP contribution in [0.2, 0.25) is 0 Å². The first-order valence-corrected chi connectivity index (χ1v) is 9.75. The van der Waals surface area contributed by atoms with Crippen LogP contribution >= 0.6 is 0 Å². The average molecular weight is 494 g/mol. The van der Waals surface area contributed by atoms with Gasteiger partial charge in [0.05, 0.1) is 22.3 Å². The van der Waals surface area contributed by atoms with Gasteiger partial charge in [0.1, 0.15) is 22.6 Å². The highest BCUT2D eigenvalue weighted by atomic mass is 16.5. The minimum Gasteiger partial charge on any atom is -0.478 e. The predicted octanol–water partition coefficient (Wildman–Crippen LogP) is 2.92. The highest BCUT2D eigenvalue weighted by Crippen LogP contribution is 2.26. The number of benzene rings is 3. The topological polar surface area (TPSA) is 202 Å². The largest absolute Gasteiger partial charge is 0.478 e. The van der Waals surface area contributed by atoms with Crippen LogP contribution in [0.5, 0.6) is 11.5 Å². The summed E-state index contributed by atoms with van der Waals surface area (Å²) >= 11 is 0. The lowest BCUT2D eigenvalue weighted by Crippen LogP contribution is -2.17. The van der Waals surface area contributed by atoms with E-state index in [0.29, 0.717) is 0 Å². The van der Waals surface area contributed by atoms with Gasteiger partial charge in [0.2, 0.25) is 0 Å². The van der Waals surface area contributed by atoms with Crippen LogP contribution in [0.3, 0.4) is 0 Å². The minimum atomic E-state index is -1.65. The second kappa shape index (κ2) is 10.2. The van der Waals surface area contributed by atoms with Crippen molar-refractivity contribution < 1.29 is 58.7 Å². The van der Waals surface area contributed by atoms with Crippen LogP contribution < -0.4 is 9.47 Å². The summed E-state index contributed by atoms with van der Waals surface area (Å²) < 4.78 is 10.1. The fraction of sp³-hybridized carbons (Fsp3) is 0. The van der Waals surface area contributed by atoms with Crippen molar-refractivity contribution in [3.63, 3.8) is 0 Å². The quantitative estimate of drug-likeness (QED) is 0.264. The molecule has 0 fully saturated rings. The number of rotatable bonds is 8. The van der Waals surface area contributed by atoms with E-state index in [1.165, 1.54) is 30.3 Å². The van der Waals surface area contributed by atoms with Gasteiger partial charge in [-0.2, -0.15) is 0 Å². The number of hydrogen-bond donors (Lipinski definition) is 4. The average Bonchev–Trinajstić information content (AvgIpc) is 2.83. The van der Waals surface area contributed by atoms with Gasteiger partial charge in [0.15, 0.2) is 0 Å². The van der Waals surface area contributed by atoms with Crippen molar-refractivity contribution in [1.82, 2.24) is 0 Å². The Labute approximate surface area is 200 Å². The molecular formula is C24H14O12. The van der Waals surface area contributed by atoms with Gasteiger partial charge in [-0.1, -0.05) is 18.2 Å². The van der Waals surface area contributed by atoms with E-state index in [1.807, 2.05) is 0 Å². The predicted molar refractivity (Wildman–Crippen MR) is 117 cm³/mol. The molecule has 4 N–H and O–H groups in total. The van der Waals surface area contributed by atoms with Crippen LogP contribution in [0, 0.1) is 0 Å². The van der Waals surface area contributed by atoms with Gasteiger partial charge in [0.25, 0.3) is 0 Å². The highest BCUT2D eigenvalue weighted by molar-refractivity contribution is 6.06. The third kappa shape index (κ3) is 5.17. The molecule has 0 aliphatic rings. The molecule has 36 heavy (non-hydrogen) atoms. The summed E-state index contributed by atoms with van der Waals surface area (Å²) in [5, 5.41) is 37.1. The normalized spacial score (nSPS) is 10.2. The second-order valence-electron chi connectivity index (χ2n) is 6.94. The fourth-order valence-corrected chi connectivity index (χ4v) is 3.12. The van der Waals surface area contributed by atoms with Crippen molar-refractivity contribution in [3.8, 4) is 11.5 Å². The summed E-state index contributed by atoms with van der Waals surface area (Å²) in [6.07, 6.45) is 0. The standard InChI is InChI=1S/C24H14O12/c25-19(26)13-6-2-8-15(17(13)21(29)30)35-23(33)11-4-1-5-12(10-11)24(34)36-16-9-3-7-14(20(27)28)18(16)22(31)32/h1-10H,(H,25,26)(H,27,28)(H,29,30)(H,31,32). The number of carbonyl (C=O) groups is 6. The lowest BCUT2D eigenvalue weighted by Gasteiger charge is -2.11. The van der Waals surface area contributed by atoms with Gasteiger partial charge >= 0.3 is 35.8 Å². The summed E-state index contributed by atoms with van der Waals surface area (Å²) in [6, 6.07) is 11.2. The molecule has 0 unspecified atom stereocenters. The summed E-state index contributed by atoms with van der Waals surface area (Å²) in [7, 11) is 0. The molecule has 3 aromatic rings. The first kappa shape index (κ1) is 25.1. The Bertz CT molecular complexity index is 1330. The van der Waals surface area contributed by atoms with Gasteiger partial charge in [-0.15, -0.1) is 0 Å². The first-order chi connectivity index (χ1) is 17.0. The summed E-state index contributed by atoms with van der Waals surface area (Å²) in [4.78, 5) is 70.9. The Morgan fingerprint density at radius 1 is 0.500 bits per heavy atom. The van der Waals surface area contributed by atoms with E-state index in [1.54, 1.807) is 0 Å². The van der Waals surface area contributed by atoms with Crippen LogP contribution in [0.4, 0.5) is 0 Å². The van der Waals surface area contributed by atoms with E-state index < -0.39 is 69.6 Å². The Hall–Kier alpha value is -5.52. The smallest absolute Gasteiger partial charge is 0.343 e. The Balaban J connectivity index is 1.90. The number of carbonyl (C=O) groups excluding carboxylic acids is 2. The highest BCUT2D eigenvalue weighted by Gasteiger charge is 2.25. The maximum absolute atomic E-state index is 12.6. The van der Waals surface area contributed by atoms with Gasteiger partial charge in [0, 0.05) is 0 Å². The molecular weight excluding hydrogens is 480 g/mol. The Morgan fingerprint density at radius 3 is 1.19 bits per heavy atom. The number of carboxylic acid groups (broad SMARTS) is 4. The number of hydrogen-bond acceptors (Lipinski definition) is 8. The van der Waals surface area contributed by atoms with Crippen molar-refractivity contribution >= 4 is 35.8 Å². The van der Waals surface area contributed by atoms with Crippen LogP contribution in [-0.2, 0) is 0 Å². The van der Waals surface area contributed by atoms with Gasteiger partial charge in [-0.3, -0.25) is 0 Å². The number of aromatic carboxylic acids is 4. The van der Waals surface area contributed by atoms with Crippen LogP contribution in [-0.4, -0.2) is 56.2 Å². The third-order valence-corrected chi connectivity index (χ3v) is 4.68. The zero-order valence-electron chi connectivity index (χ0n) is 17.8. The van der Waals surface area contributed by atoms with E-state index in [9.17, 15) is 49.2 Å². The van der Waals surface area contributed by atoms with Crippen molar-refractivity contribution in [3.05, 3.63) is 94.0 Å². The fourth-order valence-electron chi connectivity index (χ4n) is 3.12.